The molecular formula is C18H18ClNO3. The minimum atomic E-state index is -0.474. The molecule has 2 aromatic rings. The van der Waals surface area contributed by atoms with Crippen molar-refractivity contribution < 1.29 is 14.3 Å². The Balaban J connectivity index is 2.23. The van der Waals surface area contributed by atoms with Gasteiger partial charge in [0, 0.05) is 11.8 Å². The van der Waals surface area contributed by atoms with Crippen LogP contribution in [-0.2, 0) is 11.3 Å². The maximum atomic E-state index is 12.1. The molecule has 0 amide bonds. The van der Waals surface area contributed by atoms with Crippen LogP contribution in [0.3, 0.4) is 0 Å². The molecule has 4 nitrogen and oxygen atoms in total. The van der Waals surface area contributed by atoms with Crippen LogP contribution in [0.1, 0.15) is 49.9 Å². The highest BCUT2D eigenvalue weighted by atomic mass is 35.5. The standard InChI is InChI=1S/C18H18ClNO3/c1-10-7-11(2)17(13(4)21)12(3)15(10)9-23-18(22)14-5-6-16(19)20-8-14/h5-8H,9H2,1-4H3. The third kappa shape index (κ3) is 3.77. The minimum Gasteiger partial charge on any atom is -0.457 e. The zero-order chi connectivity index (χ0) is 17.1. The molecule has 0 unspecified atom stereocenters. The molecule has 0 atom stereocenters. The number of hydrogen-bond donors (Lipinski definition) is 0. The van der Waals surface area contributed by atoms with Crippen LogP contribution in [0.4, 0.5) is 0 Å². The normalized spacial score (nSPS) is 10.5. The van der Waals surface area contributed by atoms with Crippen molar-refractivity contribution in [2.24, 2.45) is 0 Å². The zero-order valence-electron chi connectivity index (χ0n) is 13.6. The summed E-state index contributed by atoms with van der Waals surface area (Å²) in [5.74, 6) is -0.465. The summed E-state index contributed by atoms with van der Waals surface area (Å²) >= 11 is 5.70. The fraction of sp³-hybridized carbons (Fsp3) is 0.278. The SMILES string of the molecule is CC(=O)c1c(C)cc(C)c(COC(=O)c2ccc(Cl)nc2)c1C. The lowest BCUT2D eigenvalue weighted by atomic mass is 9.92. The summed E-state index contributed by atoms with van der Waals surface area (Å²) in [6.45, 7) is 7.38. The fourth-order valence-electron chi connectivity index (χ4n) is 2.71. The van der Waals surface area contributed by atoms with Crippen molar-refractivity contribution in [2.75, 3.05) is 0 Å². The predicted octanol–water partition coefficient (Wildman–Crippen LogP) is 4.22. The van der Waals surface area contributed by atoms with Gasteiger partial charge >= 0.3 is 5.97 Å². The molecule has 0 aliphatic carbocycles. The number of nitrogens with zero attached hydrogens (tertiary/aromatic N) is 1. The van der Waals surface area contributed by atoms with Crippen LogP contribution in [0.25, 0.3) is 0 Å². The summed E-state index contributed by atoms with van der Waals surface area (Å²) in [4.78, 5) is 27.7. The van der Waals surface area contributed by atoms with Crippen molar-refractivity contribution in [2.45, 2.75) is 34.3 Å². The van der Waals surface area contributed by atoms with Gasteiger partial charge in [-0.3, -0.25) is 4.79 Å². The number of ketones is 1. The molecule has 0 saturated carbocycles. The van der Waals surface area contributed by atoms with Gasteiger partial charge in [-0.25, -0.2) is 9.78 Å². The number of aryl methyl sites for hydroxylation is 2. The van der Waals surface area contributed by atoms with E-state index in [1.54, 1.807) is 13.0 Å². The number of pyridine rings is 1. The first kappa shape index (κ1) is 17.2. The van der Waals surface area contributed by atoms with Gasteiger partial charge in [0.2, 0.25) is 0 Å². The molecule has 1 heterocycles. The molecule has 1 aromatic carbocycles. The number of ether oxygens (including phenoxy) is 1. The number of aromatic nitrogens is 1. The van der Waals surface area contributed by atoms with E-state index in [-0.39, 0.29) is 12.4 Å². The minimum absolute atomic E-state index is 0.00878. The predicted molar refractivity (Wildman–Crippen MR) is 89.0 cm³/mol. The Labute approximate surface area is 140 Å². The average molecular weight is 332 g/mol. The molecule has 0 fully saturated rings. The summed E-state index contributed by atoms with van der Waals surface area (Å²) in [5.41, 5.74) is 4.67. The van der Waals surface area contributed by atoms with Crippen molar-refractivity contribution in [3.05, 3.63) is 62.9 Å². The van der Waals surface area contributed by atoms with Crippen molar-refractivity contribution in [3.8, 4) is 0 Å². The van der Waals surface area contributed by atoms with Gasteiger partial charge in [-0.05, 0) is 62.1 Å². The lowest BCUT2D eigenvalue weighted by molar-refractivity contribution is 0.0471. The second-order valence-corrected chi connectivity index (χ2v) is 5.88. The van der Waals surface area contributed by atoms with Gasteiger partial charge in [0.25, 0.3) is 0 Å². The molecule has 0 radical (unpaired) electrons. The Kier molecular flexibility index (Phi) is 5.16. The number of halogens is 1. The number of esters is 1. The zero-order valence-corrected chi connectivity index (χ0v) is 14.3. The van der Waals surface area contributed by atoms with Crippen molar-refractivity contribution in [1.29, 1.82) is 0 Å². The van der Waals surface area contributed by atoms with Crippen LogP contribution in [-0.4, -0.2) is 16.7 Å². The van der Waals surface area contributed by atoms with Gasteiger partial charge in [0.05, 0.1) is 5.56 Å². The maximum Gasteiger partial charge on any atom is 0.340 e. The summed E-state index contributed by atoms with van der Waals surface area (Å²) in [6, 6.07) is 5.04. The van der Waals surface area contributed by atoms with E-state index in [0.29, 0.717) is 16.3 Å². The smallest absolute Gasteiger partial charge is 0.340 e. The first-order valence-electron chi connectivity index (χ1n) is 7.20. The van der Waals surface area contributed by atoms with E-state index in [1.807, 2.05) is 26.8 Å². The van der Waals surface area contributed by atoms with Gasteiger partial charge in [0.1, 0.15) is 11.8 Å². The number of carbonyl (C=O) groups is 2. The number of Topliss-reactive ketones (excluding diaryl/α,β-unsaturated/α-hetero) is 1. The molecule has 23 heavy (non-hydrogen) atoms. The van der Waals surface area contributed by atoms with E-state index < -0.39 is 5.97 Å². The van der Waals surface area contributed by atoms with Crippen molar-refractivity contribution in [3.63, 3.8) is 0 Å². The average Bonchev–Trinajstić information content (AvgIpc) is 2.46. The number of carbonyl (C=O) groups excluding carboxylic acids is 2. The molecular weight excluding hydrogens is 314 g/mol. The first-order valence-corrected chi connectivity index (χ1v) is 7.58. The van der Waals surface area contributed by atoms with Gasteiger partial charge in [0.15, 0.2) is 5.78 Å². The summed E-state index contributed by atoms with van der Waals surface area (Å²) in [6.07, 6.45) is 1.38. The molecule has 0 aliphatic heterocycles. The van der Waals surface area contributed by atoms with E-state index in [4.69, 9.17) is 16.3 Å². The third-order valence-electron chi connectivity index (χ3n) is 3.79. The Morgan fingerprint density at radius 1 is 1.17 bits per heavy atom. The monoisotopic (exact) mass is 331 g/mol. The Bertz CT molecular complexity index is 767. The molecule has 0 spiro atoms. The van der Waals surface area contributed by atoms with Gasteiger partial charge in [-0.2, -0.15) is 0 Å². The van der Waals surface area contributed by atoms with Crippen LogP contribution in [0.5, 0.6) is 0 Å². The number of hydrogen-bond acceptors (Lipinski definition) is 4. The lowest BCUT2D eigenvalue weighted by Crippen LogP contribution is -2.10. The third-order valence-corrected chi connectivity index (χ3v) is 4.02. The highest BCUT2D eigenvalue weighted by molar-refractivity contribution is 6.29. The highest BCUT2D eigenvalue weighted by Crippen LogP contribution is 2.24. The van der Waals surface area contributed by atoms with Gasteiger partial charge in [-0.15, -0.1) is 0 Å². The molecule has 0 bridgehead atoms. The Morgan fingerprint density at radius 2 is 1.87 bits per heavy atom. The molecule has 1 aromatic heterocycles. The van der Waals surface area contributed by atoms with E-state index in [1.165, 1.54) is 12.3 Å². The van der Waals surface area contributed by atoms with Crippen LogP contribution >= 0.6 is 11.6 Å². The second-order valence-electron chi connectivity index (χ2n) is 5.49. The summed E-state index contributed by atoms with van der Waals surface area (Å²) in [5, 5.41) is 0.317. The molecule has 5 heteroatoms. The Morgan fingerprint density at radius 3 is 2.43 bits per heavy atom. The number of benzene rings is 1. The van der Waals surface area contributed by atoms with Gasteiger partial charge in [-0.1, -0.05) is 17.7 Å². The van der Waals surface area contributed by atoms with Gasteiger partial charge < -0.3 is 4.74 Å². The second kappa shape index (κ2) is 6.92. The summed E-state index contributed by atoms with van der Waals surface area (Å²) < 4.78 is 5.36. The van der Waals surface area contributed by atoms with Crippen LogP contribution in [0, 0.1) is 20.8 Å². The first-order chi connectivity index (χ1) is 10.8. The van der Waals surface area contributed by atoms with E-state index >= 15 is 0 Å². The lowest BCUT2D eigenvalue weighted by Gasteiger charge is -2.16. The molecule has 120 valence electrons. The van der Waals surface area contributed by atoms with E-state index in [2.05, 4.69) is 4.98 Å². The number of rotatable bonds is 4. The quantitative estimate of drug-likeness (QED) is 0.478. The fourth-order valence-corrected chi connectivity index (χ4v) is 2.82. The van der Waals surface area contributed by atoms with Crippen LogP contribution < -0.4 is 0 Å². The Hall–Kier alpha value is -2.20. The molecule has 2 rings (SSSR count). The van der Waals surface area contributed by atoms with E-state index in [0.717, 1.165) is 22.3 Å². The summed E-state index contributed by atoms with van der Waals surface area (Å²) in [7, 11) is 0. The van der Waals surface area contributed by atoms with E-state index in [9.17, 15) is 9.59 Å². The molecule has 0 N–H and O–H groups in total. The molecule has 0 saturated heterocycles. The van der Waals surface area contributed by atoms with Crippen LogP contribution in [0.2, 0.25) is 5.15 Å². The van der Waals surface area contributed by atoms with Crippen molar-refractivity contribution >= 4 is 23.4 Å². The van der Waals surface area contributed by atoms with Crippen molar-refractivity contribution in [1.82, 2.24) is 4.98 Å². The largest absolute Gasteiger partial charge is 0.457 e. The molecule has 0 aliphatic rings. The van der Waals surface area contributed by atoms with Crippen LogP contribution in [0.15, 0.2) is 24.4 Å². The highest BCUT2D eigenvalue weighted by Gasteiger charge is 2.16. The maximum absolute atomic E-state index is 12.1. The topological polar surface area (TPSA) is 56.3 Å².